The fourth-order valence-corrected chi connectivity index (χ4v) is 2.75. The molecule has 0 spiro atoms. The summed E-state index contributed by atoms with van der Waals surface area (Å²) in [7, 11) is 0. The van der Waals surface area contributed by atoms with Gasteiger partial charge in [0.05, 0.1) is 0 Å². The highest BCUT2D eigenvalue weighted by Gasteiger charge is 2.16. The fourth-order valence-electron chi connectivity index (χ4n) is 1.86. The van der Waals surface area contributed by atoms with Gasteiger partial charge in [-0.2, -0.15) is 0 Å². The van der Waals surface area contributed by atoms with Crippen LogP contribution in [0.2, 0.25) is 0 Å². The lowest BCUT2D eigenvalue weighted by Gasteiger charge is -2.12. The van der Waals surface area contributed by atoms with Crippen LogP contribution in [-0.4, -0.2) is 11.0 Å². The van der Waals surface area contributed by atoms with Gasteiger partial charge >= 0.3 is 0 Å². The predicted molar refractivity (Wildman–Crippen MR) is 77.7 cm³/mol. The molecule has 2 aromatic carbocycles. The fraction of sp³-hybridized carbons (Fsp3) is 0.250. The van der Waals surface area contributed by atoms with Crippen molar-refractivity contribution >= 4 is 11.8 Å². The average molecular weight is 278 g/mol. The molecular weight excluding hydrogens is 262 g/mol. The highest BCUT2D eigenvalue weighted by atomic mass is 32.2. The number of hydrogen-bond donors (Lipinski definition) is 0. The Labute approximate surface area is 116 Å². The van der Waals surface area contributed by atoms with Gasteiger partial charge in [-0.25, -0.2) is 8.78 Å². The zero-order chi connectivity index (χ0) is 13.5. The molecule has 100 valence electrons. The molecule has 0 saturated carbocycles. The number of thioether (sulfide) groups is 1. The van der Waals surface area contributed by atoms with E-state index >= 15 is 0 Å². The van der Waals surface area contributed by atoms with Crippen molar-refractivity contribution in [2.75, 3.05) is 0 Å². The molecule has 0 heterocycles. The molecule has 0 aliphatic heterocycles. The van der Waals surface area contributed by atoms with Crippen LogP contribution >= 0.6 is 11.8 Å². The third-order valence-corrected chi connectivity index (χ3v) is 3.70. The Balaban J connectivity index is 1.80. The Bertz CT molecular complexity index is 427. The van der Waals surface area contributed by atoms with Gasteiger partial charge in [0.25, 0.3) is 0 Å². The monoisotopic (exact) mass is 278 g/mol. The maximum Gasteiger partial charge on any atom is 0.152 e. The van der Waals surface area contributed by atoms with Crippen LogP contribution in [0, 0.1) is 0 Å². The third kappa shape index (κ3) is 5.03. The number of halogens is 2. The van der Waals surface area contributed by atoms with Crippen LogP contribution in [0.3, 0.4) is 0 Å². The first-order valence-corrected chi connectivity index (χ1v) is 7.20. The topological polar surface area (TPSA) is 0 Å². The standard InChI is InChI=1S/C16H16F2S/c17-15(11-13-7-3-1-4-8-13)19-16(18)12-14-9-5-2-6-10-14/h1-10,15-16H,11-12H2. The van der Waals surface area contributed by atoms with E-state index in [1.807, 2.05) is 60.7 Å². The third-order valence-electron chi connectivity index (χ3n) is 2.77. The van der Waals surface area contributed by atoms with Gasteiger partial charge in [0.1, 0.15) is 0 Å². The van der Waals surface area contributed by atoms with Crippen molar-refractivity contribution < 1.29 is 8.78 Å². The molecular formula is C16H16F2S. The molecule has 0 saturated heterocycles. The van der Waals surface area contributed by atoms with Gasteiger partial charge < -0.3 is 0 Å². The summed E-state index contributed by atoms with van der Waals surface area (Å²) in [6, 6.07) is 18.7. The van der Waals surface area contributed by atoms with Crippen molar-refractivity contribution in [3.8, 4) is 0 Å². The molecule has 2 rings (SSSR count). The maximum atomic E-state index is 13.8. The van der Waals surface area contributed by atoms with E-state index in [0.717, 1.165) is 22.9 Å². The summed E-state index contributed by atoms with van der Waals surface area (Å²) < 4.78 is 27.5. The first kappa shape index (κ1) is 14.1. The van der Waals surface area contributed by atoms with Crippen molar-refractivity contribution in [2.45, 2.75) is 23.8 Å². The van der Waals surface area contributed by atoms with Crippen LogP contribution in [0.4, 0.5) is 8.78 Å². The number of benzene rings is 2. The van der Waals surface area contributed by atoms with Crippen LogP contribution in [0.1, 0.15) is 11.1 Å². The predicted octanol–water partition coefficient (Wildman–Crippen LogP) is 4.80. The second-order valence-corrected chi connectivity index (χ2v) is 5.63. The van der Waals surface area contributed by atoms with Gasteiger partial charge in [0.2, 0.25) is 0 Å². The first-order chi connectivity index (χ1) is 9.24. The van der Waals surface area contributed by atoms with Crippen molar-refractivity contribution in [3.05, 3.63) is 71.8 Å². The largest absolute Gasteiger partial charge is 0.235 e. The van der Waals surface area contributed by atoms with E-state index in [1.54, 1.807) is 0 Å². The Morgan fingerprint density at radius 2 is 1.05 bits per heavy atom. The van der Waals surface area contributed by atoms with Gasteiger partial charge in [0.15, 0.2) is 11.0 Å². The normalized spacial score (nSPS) is 14.0. The molecule has 2 aromatic rings. The van der Waals surface area contributed by atoms with Crippen LogP contribution in [-0.2, 0) is 12.8 Å². The van der Waals surface area contributed by atoms with E-state index in [9.17, 15) is 8.78 Å². The molecule has 0 fully saturated rings. The summed E-state index contributed by atoms with van der Waals surface area (Å²) in [6.07, 6.45) is 0.501. The molecule has 2 atom stereocenters. The smallest absolute Gasteiger partial charge is 0.152 e. The summed E-state index contributed by atoms with van der Waals surface area (Å²) in [5, 5.41) is 0. The van der Waals surface area contributed by atoms with Gasteiger partial charge in [-0.15, -0.1) is 0 Å². The molecule has 0 bridgehead atoms. The van der Waals surface area contributed by atoms with Gasteiger partial charge in [-0.05, 0) is 11.1 Å². The van der Waals surface area contributed by atoms with Gasteiger partial charge in [0, 0.05) is 12.8 Å². The molecule has 0 nitrogen and oxygen atoms in total. The molecule has 0 aliphatic rings. The Kier molecular flexibility index (Phi) is 5.40. The molecule has 0 aromatic heterocycles. The van der Waals surface area contributed by atoms with E-state index in [2.05, 4.69) is 0 Å². The Morgan fingerprint density at radius 3 is 1.42 bits per heavy atom. The van der Waals surface area contributed by atoms with Crippen LogP contribution < -0.4 is 0 Å². The molecule has 0 N–H and O–H groups in total. The first-order valence-electron chi connectivity index (χ1n) is 6.25. The minimum absolute atomic E-state index is 0.251. The molecule has 19 heavy (non-hydrogen) atoms. The lowest BCUT2D eigenvalue weighted by atomic mass is 10.2. The highest BCUT2D eigenvalue weighted by molar-refractivity contribution is 8.00. The van der Waals surface area contributed by atoms with Gasteiger partial charge in [-0.3, -0.25) is 0 Å². The van der Waals surface area contributed by atoms with Crippen molar-refractivity contribution in [3.63, 3.8) is 0 Å². The molecule has 0 radical (unpaired) electrons. The summed E-state index contributed by atoms with van der Waals surface area (Å²) in [4.78, 5) is 0. The van der Waals surface area contributed by atoms with Crippen LogP contribution in [0.15, 0.2) is 60.7 Å². The molecule has 0 aliphatic carbocycles. The molecule has 2 unspecified atom stereocenters. The average Bonchev–Trinajstić information content (AvgIpc) is 2.40. The SMILES string of the molecule is FC(Cc1ccccc1)SC(F)Cc1ccccc1. The van der Waals surface area contributed by atoms with Crippen molar-refractivity contribution in [2.24, 2.45) is 0 Å². The van der Waals surface area contributed by atoms with E-state index in [4.69, 9.17) is 0 Å². The number of hydrogen-bond acceptors (Lipinski definition) is 1. The number of alkyl halides is 2. The van der Waals surface area contributed by atoms with Crippen molar-refractivity contribution in [1.29, 1.82) is 0 Å². The zero-order valence-corrected chi connectivity index (χ0v) is 11.3. The van der Waals surface area contributed by atoms with Gasteiger partial charge in [-0.1, -0.05) is 72.4 Å². The summed E-state index contributed by atoms with van der Waals surface area (Å²) in [6.45, 7) is 0. The highest BCUT2D eigenvalue weighted by Crippen LogP contribution is 2.26. The molecule has 0 amide bonds. The van der Waals surface area contributed by atoms with Crippen LogP contribution in [0.25, 0.3) is 0 Å². The maximum absolute atomic E-state index is 13.8. The minimum Gasteiger partial charge on any atom is -0.235 e. The van der Waals surface area contributed by atoms with Crippen LogP contribution in [0.5, 0.6) is 0 Å². The second-order valence-electron chi connectivity index (χ2n) is 4.34. The van der Waals surface area contributed by atoms with Crippen molar-refractivity contribution in [1.82, 2.24) is 0 Å². The van der Waals surface area contributed by atoms with E-state index in [1.165, 1.54) is 0 Å². The number of rotatable bonds is 6. The lowest BCUT2D eigenvalue weighted by molar-refractivity contribution is 0.417. The van der Waals surface area contributed by atoms with E-state index in [-0.39, 0.29) is 12.8 Å². The van der Waals surface area contributed by atoms with E-state index < -0.39 is 11.0 Å². The quantitative estimate of drug-likeness (QED) is 0.731. The lowest BCUT2D eigenvalue weighted by Crippen LogP contribution is -2.08. The summed E-state index contributed by atoms with van der Waals surface area (Å²) in [5.41, 5.74) is -0.619. The minimum atomic E-state index is -1.21. The van der Waals surface area contributed by atoms with E-state index in [0.29, 0.717) is 0 Å². The summed E-state index contributed by atoms with van der Waals surface area (Å²) in [5.74, 6) is 0. The molecule has 3 heteroatoms. The summed E-state index contributed by atoms with van der Waals surface area (Å²) >= 11 is 0.756. The second kappa shape index (κ2) is 7.29. The Hall–Kier alpha value is -1.35. The zero-order valence-electron chi connectivity index (χ0n) is 10.5. The Morgan fingerprint density at radius 1 is 0.684 bits per heavy atom.